The molecule has 0 spiro atoms. The molecule has 1 saturated heterocycles. The molecule has 1 aliphatic heterocycles. The van der Waals surface area contributed by atoms with Gasteiger partial charge < -0.3 is 10.2 Å². The van der Waals surface area contributed by atoms with E-state index in [-0.39, 0.29) is 11.8 Å². The van der Waals surface area contributed by atoms with Crippen LogP contribution in [0, 0.1) is 5.82 Å². The average Bonchev–Trinajstić information content (AvgIpc) is 3.07. The monoisotopic (exact) mass is 346 g/mol. The number of amides is 2. The van der Waals surface area contributed by atoms with E-state index in [0.717, 1.165) is 6.42 Å². The van der Waals surface area contributed by atoms with Crippen LogP contribution in [0.1, 0.15) is 23.2 Å². The van der Waals surface area contributed by atoms with Crippen molar-refractivity contribution in [3.8, 4) is 0 Å². The Morgan fingerprint density at radius 2 is 1.75 bits per heavy atom. The van der Waals surface area contributed by atoms with Crippen LogP contribution in [0.4, 0.5) is 10.1 Å². The predicted molar refractivity (Wildman–Crippen MR) is 90.5 cm³/mol. The maximum atomic E-state index is 13.0. The lowest BCUT2D eigenvalue weighted by Crippen LogP contribution is -2.43. The molecule has 2 aromatic carbocycles. The first kappa shape index (κ1) is 16.5. The van der Waals surface area contributed by atoms with Crippen molar-refractivity contribution < 1.29 is 14.0 Å². The summed E-state index contributed by atoms with van der Waals surface area (Å²) in [6.07, 6.45) is 1.36. The van der Waals surface area contributed by atoms with Crippen LogP contribution in [-0.2, 0) is 4.79 Å². The maximum Gasteiger partial charge on any atom is 0.254 e. The Labute approximate surface area is 144 Å². The molecule has 0 aliphatic carbocycles. The number of rotatable bonds is 3. The minimum atomic E-state index is -0.529. The molecule has 0 unspecified atom stereocenters. The quantitative estimate of drug-likeness (QED) is 0.920. The summed E-state index contributed by atoms with van der Waals surface area (Å²) in [5, 5.41) is 3.39. The first-order chi connectivity index (χ1) is 11.5. The van der Waals surface area contributed by atoms with E-state index >= 15 is 0 Å². The van der Waals surface area contributed by atoms with Crippen LogP contribution in [0.5, 0.6) is 0 Å². The van der Waals surface area contributed by atoms with Crippen molar-refractivity contribution in [3.63, 3.8) is 0 Å². The van der Waals surface area contributed by atoms with Gasteiger partial charge in [0, 0.05) is 22.8 Å². The summed E-state index contributed by atoms with van der Waals surface area (Å²) in [6.45, 7) is 0.509. The molecule has 0 saturated carbocycles. The Morgan fingerprint density at radius 3 is 2.42 bits per heavy atom. The number of anilines is 1. The molecule has 1 fully saturated rings. The summed E-state index contributed by atoms with van der Waals surface area (Å²) in [7, 11) is 0. The smallest absolute Gasteiger partial charge is 0.254 e. The molecule has 0 bridgehead atoms. The molecule has 1 aliphatic rings. The normalized spacial score (nSPS) is 16.9. The molecule has 1 N–H and O–H groups in total. The fourth-order valence-electron chi connectivity index (χ4n) is 2.80. The topological polar surface area (TPSA) is 49.4 Å². The molecule has 4 nitrogen and oxygen atoms in total. The van der Waals surface area contributed by atoms with E-state index < -0.39 is 11.9 Å². The lowest BCUT2D eigenvalue weighted by molar-refractivity contribution is -0.119. The molecular formula is C18H16ClFN2O2. The van der Waals surface area contributed by atoms with Crippen LogP contribution in [-0.4, -0.2) is 29.3 Å². The number of nitrogens with zero attached hydrogens (tertiary/aromatic N) is 1. The van der Waals surface area contributed by atoms with Crippen molar-refractivity contribution in [2.24, 2.45) is 0 Å². The summed E-state index contributed by atoms with van der Waals surface area (Å²) >= 11 is 5.83. The first-order valence-corrected chi connectivity index (χ1v) is 8.05. The Kier molecular flexibility index (Phi) is 4.81. The van der Waals surface area contributed by atoms with Crippen molar-refractivity contribution in [1.82, 2.24) is 4.90 Å². The van der Waals surface area contributed by atoms with E-state index in [1.807, 2.05) is 0 Å². The van der Waals surface area contributed by atoms with Gasteiger partial charge in [-0.1, -0.05) is 11.6 Å². The van der Waals surface area contributed by atoms with E-state index in [9.17, 15) is 14.0 Å². The van der Waals surface area contributed by atoms with E-state index in [4.69, 9.17) is 11.6 Å². The van der Waals surface area contributed by atoms with Gasteiger partial charge in [0.25, 0.3) is 5.91 Å². The summed E-state index contributed by atoms with van der Waals surface area (Å²) in [6, 6.07) is 11.6. The van der Waals surface area contributed by atoms with Crippen molar-refractivity contribution in [3.05, 3.63) is 64.9 Å². The molecule has 3 rings (SSSR count). The molecular weight excluding hydrogens is 331 g/mol. The molecule has 1 atom stereocenters. The second-order valence-electron chi connectivity index (χ2n) is 5.66. The number of hydrogen-bond acceptors (Lipinski definition) is 2. The third kappa shape index (κ3) is 3.57. The highest BCUT2D eigenvalue weighted by Crippen LogP contribution is 2.22. The molecule has 2 amide bonds. The second kappa shape index (κ2) is 7.01. The highest BCUT2D eigenvalue weighted by atomic mass is 35.5. The highest BCUT2D eigenvalue weighted by molar-refractivity contribution is 6.30. The number of halogens is 2. The minimum absolute atomic E-state index is 0.231. The van der Waals surface area contributed by atoms with E-state index in [2.05, 4.69) is 5.32 Å². The standard InChI is InChI=1S/C18H16ClFN2O2/c19-13-5-9-15(10-6-13)21-17(23)16-2-1-11-22(16)18(24)12-3-7-14(20)8-4-12/h3-10,16H,1-2,11H2,(H,21,23)/t16-/m0/s1. The molecule has 124 valence electrons. The highest BCUT2D eigenvalue weighted by Gasteiger charge is 2.34. The number of carbonyl (C=O) groups excluding carboxylic acids is 2. The van der Waals surface area contributed by atoms with Crippen LogP contribution in [0.3, 0.4) is 0 Å². The van der Waals surface area contributed by atoms with Crippen molar-refractivity contribution in [2.45, 2.75) is 18.9 Å². The zero-order valence-corrected chi connectivity index (χ0v) is 13.6. The van der Waals surface area contributed by atoms with Crippen LogP contribution in [0.15, 0.2) is 48.5 Å². The van der Waals surface area contributed by atoms with Crippen molar-refractivity contribution in [2.75, 3.05) is 11.9 Å². The number of carbonyl (C=O) groups is 2. The molecule has 0 aromatic heterocycles. The SMILES string of the molecule is O=C(Nc1ccc(Cl)cc1)[C@@H]1CCCN1C(=O)c1ccc(F)cc1. The van der Waals surface area contributed by atoms with Gasteiger partial charge in [0.05, 0.1) is 0 Å². The minimum Gasteiger partial charge on any atom is -0.327 e. The fourth-order valence-corrected chi connectivity index (χ4v) is 2.93. The molecule has 0 radical (unpaired) electrons. The zero-order valence-electron chi connectivity index (χ0n) is 12.8. The predicted octanol–water partition coefficient (Wildman–Crippen LogP) is 3.72. The van der Waals surface area contributed by atoms with Crippen molar-refractivity contribution >= 4 is 29.1 Å². The number of benzene rings is 2. The van der Waals surface area contributed by atoms with Gasteiger partial charge >= 0.3 is 0 Å². The Morgan fingerprint density at radius 1 is 1.08 bits per heavy atom. The van der Waals surface area contributed by atoms with Crippen molar-refractivity contribution in [1.29, 1.82) is 0 Å². The van der Waals surface area contributed by atoms with Gasteiger partial charge in [-0.05, 0) is 61.4 Å². The van der Waals surface area contributed by atoms with Gasteiger partial charge in [-0.15, -0.1) is 0 Å². The molecule has 2 aromatic rings. The number of likely N-dealkylation sites (tertiary alicyclic amines) is 1. The van der Waals surface area contributed by atoms with Crippen LogP contribution >= 0.6 is 11.6 Å². The Bertz CT molecular complexity index is 747. The summed E-state index contributed by atoms with van der Waals surface area (Å²) in [5.74, 6) is -0.890. The van der Waals surface area contributed by atoms with Crippen LogP contribution in [0.2, 0.25) is 5.02 Å². The van der Waals surface area contributed by atoms with Gasteiger partial charge in [0.2, 0.25) is 5.91 Å². The van der Waals surface area contributed by atoms with Crippen LogP contribution < -0.4 is 5.32 Å². The van der Waals surface area contributed by atoms with Gasteiger partial charge in [0.15, 0.2) is 0 Å². The first-order valence-electron chi connectivity index (χ1n) is 7.67. The Hall–Kier alpha value is -2.40. The lowest BCUT2D eigenvalue weighted by atomic mass is 10.1. The largest absolute Gasteiger partial charge is 0.327 e. The third-order valence-corrected chi connectivity index (χ3v) is 4.27. The van der Waals surface area contributed by atoms with E-state index in [1.54, 1.807) is 29.2 Å². The van der Waals surface area contributed by atoms with E-state index in [1.165, 1.54) is 24.3 Å². The summed E-state index contributed by atoms with van der Waals surface area (Å²) < 4.78 is 13.0. The maximum absolute atomic E-state index is 13.0. The lowest BCUT2D eigenvalue weighted by Gasteiger charge is -2.24. The summed E-state index contributed by atoms with van der Waals surface area (Å²) in [5.41, 5.74) is 1.01. The number of nitrogens with one attached hydrogen (secondary N) is 1. The van der Waals surface area contributed by atoms with Gasteiger partial charge in [-0.25, -0.2) is 4.39 Å². The zero-order chi connectivity index (χ0) is 17.1. The van der Waals surface area contributed by atoms with Gasteiger partial charge in [-0.3, -0.25) is 9.59 Å². The molecule has 24 heavy (non-hydrogen) atoms. The Balaban J connectivity index is 1.72. The third-order valence-electron chi connectivity index (χ3n) is 4.02. The van der Waals surface area contributed by atoms with Gasteiger partial charge in [0.1, 0.15) is 11.9 Å². The average molecular weight is 347 g/mol. The molecule has 6 heteroatoms. The van der Waals surface area contributed by atoms with Crippen LogP contribution in [0.25, 0.3) is 0 Å². The van der Waals surface area contributed by atoms with Gasteiger partial charge in [-0.2, -0.15) is 0 Å². The second-order valence-corrected chi connectivity index (χ2v) is 6.10. The molecule has 1 heterocycles. The van der Waals surface area contributed by atoms with E-state index in [0.29, 0.717) is 29.2 Å². The fraction of sp³-hybridized carbons (Fsp3) is 0.222. The summed E-state index contributed by atoms with van der Waals surface area (Å²) in [4.78, 5) is 26.6. The number of hydrogen-bond donors (Lipinski definition) is 1.